The lowest BCUT2D eigenvalue weighted by Gasteiger charge is -2.11. The molecular weight excluding hydrogens is 368 g/mol. The molecule has 0 saturated heterocycles. The van der Waals surface area contributed by atoms with Crippen molar-refractivity contribution in [3.63, 3.8) is 0 Å². The van der Waals surface area contributed by atoms with E-state index in [1.54, 1.807) is 0 Å². The third-order valence-electron chi connectivity index (χ3n) is 4.13. The summed E-state index contributed by atoms with van der Waals surface area (Å²) in [6.07, 6.45) is 1.97. The predicted octanol–water partition coefficient (Wildman–Crippen LogP) is 4.03. The number of fused-ring (bicyclic) bond motifs is 1. The summed E-state index contributed by atoms with van der Waals surface area (Å²) in [5, 5.41) is 9.82. The average Bonchev–Trinajstić information content (AvgIpc) is 3.03. The fourth-order valence-electron chi connectivity index (χ4n) is 2.61. The highest BCUT2D eigenvalue weighted by Crippen LogP contribution is 2.27. The van der Waals surface area contributed by atoms with Crippen LogP contribution in [0.4, 0.5) is 0 Å². The molecule has 2 heterocycles. The van der Waals surface area contributed by atoms with Crippen molar-refractivity contribution < 1.29 is 9.90 Å². The van der Waals surface area contributed by atoms with Crippen LogP contribution in [0.3, 0.4) is 0 Å². The molecule has 3 aromatic rings. The zero-order valence-corrected chi connectivity index (χ0v) is 16.2. The van der Waals surface area contributed by atoms with E-state index in [0.717, 1.165) is 28.6 Å². The maximum absolute atomic E-state index is 12.2. The Balaban J connectivity index is 1.77. The molecule has 2 N–H and O–H groups in total. The van der Waals surface area contributed by atoms with Gasteiger partial charge < -0.3 is 10.1 Å². The van der Waals surface area contributed by atoms with Crippen molar-refractivity contribution in [3.05, 3.63) is 56.7 Å². The van der Waals surface area contributed by atoms with Crippen molar-refractivity contribution >= 4 is 39.3 Å². The Kier molecular flexibility index (Phi) is 5.78. The number of thiophene rings is 1. The van der Waals surface area contributed by atoms with Gasteiger partial charge in [0, 0.05) is 4.88 Å². The van der Waals surface area contributed by atoms with Crippen LogP contribution in [0.25, 0.3) is 10.2 Å². The number of thioether (sulfide) groups is 1. The van der Waals surface area contributed by atoms with Crippen molar-refractivity contribution in [3.8, 4) is 0 Å². The number of rotatable bonds is 7. The minimum absolute atomic E-state index is 0.212. The Labute approximate surface area is 159 Å². The molecule has 1 atom stereocenters. The van der Waals surface area contributed by atoms with Gasteiger partial charge in [0.2, 0.25) is 0 Å². The van der Waals surface area contributed by atoms with Crippen LogP contribution in [0.5, 0.6) is 0 Å². The highest BCUT2D eigenvalue weighted by atomic mass is 32.2. The van der Waals surface area contributed by atoms with Crippen molar-refractivity contribution in [2.24, 2.45) is 0 Å². The van der Waals surface area contributed by atoms with Gasteiger partial charge in [-0.15, -0.1) is 11.3 Å². The van der Waals surface area contributed by atoms with Gasteiger partial charge in [-0.05, 0) is 37.8 Å². The van der Waals surface area contributed by atoms with Gasteiger partial charge in [-0.3, -0.25) is 9.59 Å². The molecule has 26 heavy (non-hydrogen) atoms. The van der Waals surface area contributed by atoms with Crippen molar-refractivity contribution in [1.82, 2.24) is 9.97 Å². The van der Waals surface area contributed by atoms with Gasteiger partial charge in [0.15, 0.2) is 5.16 Å². The molecule has 3 rings (SSSR count). The van der Waals surface area contributed by atoms with Gasteiger partial charge in [0.05, 0.1) is 5.39 Å². The Morgan fingerprint density at radius 1 is 1.35 bits per heavy atom. The van der Waals surface area contributed by atoms with Gasteiger partial charge in [0.1, 0.15) is 10.1 Å². The molecule has 0 fully saturated rings. The second-order valence-electron chi connectivity index (χ2n) is 6.13. The fraction of sp³-hybridized carbons (Fsp3) is 0.316. The number of aromatic amines is 1. The maximum atomic E-state index is 12.2. The summed E-state index contributed by atoms with van der Waals surface area (Å²) in [5.74, 6) is -0.898. The van der Waals surface area contributed by atoms with Crippen LogP contribution in [0.2, 0.25) is 0 Å². The lowest BCUT2D eigenvalue weighted by molar-refractivity contribution is -0.136. The molecule has 5 nitrogen and oxygen atoms in total. The standard InChI is InChI=1S/C19H20N2O3S2/c1-3-13-10-14-16(22)20-19(21-17(14)25-13)26-15(18(23)24)9-8-12-6-4-11(2)5-7-12/h4-7,10,15H,3,8-9H2,1-2H3,(H,23,24)(H,20,21,22). The lowest BCUT2D eigenvalue weighted by Crippen LogP contribution is -2.19. The van der Waals surface area contributed by atoms with E-state index in [1.165, 1.54) is 16.9 Å². The molecule has 0 radical (unpaired) electrons. The topological polar surface area (TPSA) is 83.0 Å². The summed E-state index contributed by atoms with van der Waals surface area (Å²) in [5.41, 5.74) is 2.07. The van der Waals surface area contributed by atoms with Crippen LogP contribution in [0, 0.1) is 6.92 Å². The number of carboxylic acids is 1. The smallest absolute Gasteiger partial charge is 0.317 e. The summed E-state index contributed by atoms with van der Waals surface area (Å²) in [6, 6.07) is 9.93. The molecule has 1 aromatic carbocycles. The number of carboxylic acid groups (broad SMARTS) is 1. The summed E-state index contributed by atoms with van der Waals surface area (Å²) >= 11 is 2.59. The number of aryl methyl sites for hydroxylation is 3. The quantitative estimate of drug-likeness (QED) is 0.472. The first-order valence-electron chi connectivity index (χ1n) is 8.44. The molecule has 2 aromatic heterocycles. The molecule has 0 bridgehead atoms. The van der Waals surface area contributed by atoms with E-state index < -0.39 is 11.2 Å². The molecule has 0 aliphatic rings. The highest BCUT2D eigenvalue weighted by Gasteiger charge is 2.21. The first kappa shape index (κ1) is 18.7. The zero-order valence-electron chi connectivity index (χ0n) is 14.6. The summed E-state index contributed by atoms with van der Waals surface area (Å²) in [6.45, 7) is 4.05. The van der Waals surface area contributed by atoms with E-state index in [-0.39, 0.29) is 5.56 Å². The average molecular weight is 389 g/mol. The highest BCUT2D eigenvalue weighted by molar-refractivity contribution is 8.00. The van der Waals surface area contributed by atoms with E-state index in [1.807, 2.05) is 44.2 Å². The van der Waals surface area contributed by atoms with Crippen LogP contribution in [-0.4, -0.2) is 26.3 Å². The number of nitrogens with one attached hydrogen (secondary N) is 1. The monoisotopic (exact) mass is 388 g/mol. The van der Waals surface area contributed by atoms with E-state index in [0.29, 0.717) is 28.2 Å². The number of carbonyl (C=O) groups is 1. The summed E-state index contributed by atoms with van der Waals surface area (Å²) in [4.78, 5) is 32.8. The van der Waals surface area contributed by atoms with Crippen LogP contribution in [0.15, 0.2) is 40.3 Å². The van der Waals surface area contributed by atoms with Gasteiger partial charge in [-0.25, -0.2) is 4.98 Å². The maximum Gasteiger partial charge on any atom is 0.317 e. The van der Waals surface area contributed by atoms with Crippen molar-refractivity contribution in [2.75, 3.05) is 0 Å². The summed E-state index contributed by atoms with van der Waals surface area (Å²) in [7, 11) is 0. The van der Waals surface area contributed by atoms with Gasteiger partial charge in [-0.2, -0.15) is 0 Å². The predicted molar refractivity (Wildman–Crippen MR) is 106 cm³/mol. The molecule has 7 heteroatoms. The van der Waals surface area contributed by atoms with E-state index in [9.17, 15) is 14.7 Å². The van der Waals surface area contributed by atoms with Gasteiger partial charge >= 0.3 is 5.97 Å². The minimum Gasteiger partial charge on any atom is -0.480 e. The largest absolute Gasteiger partial charge is 0.480 e. The fourth-order valence-corrected chi connectivity index (χ4v) is 4.54. The van der Waals surface area contributed by atoms with Crippen molar-refractivity contribution in [2.45, 2.75) is 43.5 Å². The van der Waals surface area contributed by atoms with E-state index in [4.69, 9.17) is 0 Å². The number of nitrogens with zero attached hydrogens (tertiary/aromatic N) is 1. The number of aliphatic carboxylic acids is 1. The number of hydrogen-bond acceptors (Lipinski definition) is 5. The summed E-state index contributed by atoms with van der Waals surface area (Å²) < 4.78 is 0. The molecule has 1 unspecified atom stereocenters. The lowest BCUT2D eigenvalue weighted by atomic mass is 10.1. The first-order valence-corrected chi connectivity index (χ1v) is 10.1. The van der Waals surface area contributed by atoms with E-state index in [2.05, 4.69) is 9.97 Å². The number of benzene rings is 1. The molecule has 0 aliphatic heterocycles. The molecular formula is C19H20N2O3S2. The Hall–Kier alpha value is -2.12. The van der Waals surface area contributed by atoms with Gasteiger partial charge in [-0.1, -0.05) is 48.5 Å². The number of H-pyrrole nitrogens is 1. The number of hydrogen-bond donors (Lipinski definition) is 2. The minimum atomic E-state index is -0.898. The molecule has 0 saturated carbocycles. The SMILES string of the molecule is CCc1cc2c(=O)[nH]c(SC(CCc3ccc(C)cc3)C(=O)O)nc2s1. The van der Waals surface area contributed by atoms with Crippen LogP contribution in [-0.2, 0) is 17.6 Å². The Morgan fingerprint density at radius 3 is 2.73 bits per heavy atom. The third-order valence-corrected chi connectivity index (χ3v) is 6.44. The first-order chi connectivity index (χ1) is 12.5. The molecule has 0 spiro atoms. The Morgan fingerprint density at radius 2 is 2.08 bits per heavy atom. The molecule has 136 valence electrons. The normalized spacial score (nSPS) is 12.4. The Bertz CT molecular complexity index is 977. The van der Waals surface area contributed by atoms with E-state index >= 15 is 0 Å². The van der Waals surface area contributed by atoms with Crippen LogP contribution >= 0.6 is 23.1 Å². The van der Waals surface area contributed by atoms with Crippen LogP contribution < -0.4 is 5.56 Å². The van der Waals surface area contributed by atoms with Gasteiger partial charge in [0.25, 0.3) is 5.56 Å². The molecule has 0 amide bonds. The van der Waals surface area contributed by atoms with Crippen molar-refractivity contribution in [1.29, 1.82) is 0 Å². The second-order valence-corrected chi connectivity index (χ2v) is 8.43. The molecule has 0 aliphatic carbocycles. The second kappa shape index (κ2) is 8.05. The number of aromatic nitrogens is 2. The zero-order chi connectivity index (χ0) is 18.7. The van der Waals surface area contributed by atoms with Crippen LogP contribution in [0.1, 0.15) is 29.3 Å². The third kappa shape index (κ3) is 4.34.